The summed E-state index contributed by atoms with van der Waals surface area (Å²) >= 11 is 0. The fourth-order valence-corrected chi connectivity index (χ4v) is 1.91. The summed E-state index contributed by atoms with van der Waals surface area (Å²) in [5.74, 6) is 1.65. The molecule has 1 heterocycles. The maximum Gasteiger partial charge on any atom is 0.195 e. The summed E-state index contributed by atoms with van der Waals surface area (Å²) in [5.41, 5.74) is 7.16. The van der Waals surface area contributed by atoms with E-state index in [-0.39, 0.29) is 0 Å². The molecule has 0 saturated heterocycles. The van der Waals surface area contributed by atoms with Crippen LogP contribution in [0.2, 0.25) is 0 Å². The smallest absolute Gasteiger partial charge is 0.195 e. The maximum atomic E-state index is 5.73. The van der Waals surface area contributed by atoms with E-state index in [1.807, 2.05) is 18.2 Å². The molecule has 0 bridgehead atoms. The Morgan fingerprint density at radius 1 is 1.26 bits per heavy atom. The summed E-state index contributed by atoms with van der Waals surface area (Å²) in [7, 11) is 0. The van der Waals surface area contributed by atoms with Crippen LogP contribution in [0.5, 0.6) is 5.75 Å². The highest BCUT2D eigenvalue weighted by atomic mass is 16.5. The van der Waals surface area contributed by atoms with Crippen LogP contribution < -0.4 is 10.5 Å². The van der Waals surface area contributed by atoms with Gasteiger partial charge in [-0.3, -0.25) is 0 Å². The lowest BCUT2D eigenvalue weighted by Crippen LogP contribution is -2.03. The fourth-order valence-electron chi connectivity index (χ4n) is 1.91. The van der Waals surface area contributed by atoms with Crippen molar-refractivity contribution >= 4 is 11.1 Å². The Morgan fingerprint density at radius 2 is 2.16 bits per heavy atom. The van der Waals surface area contributed by atoms with Gasteiger partial charge in [-0.1, -0.05) is 13.3 Å². The van der Waals surface area contributed by atoms with E-state index in [4.69, 9.17) is 14.9 Å². The summed E-state index contributed by atoms with van der Waals surface area (Å²) in [4.78, 5) is 4.46. The van der Waals surface area contributed by atoms with E-state index in [2.05, 4.69) is 11.9 Å². The first-order valence-corrected chi connectivity index (χ1v) is 7.06. The zero-order valence-electron chi connectivity index (χ0n) is 11.5. The number of ether oxygens (including phenoxy) is 1. The Morgan fingerprint density at radius 3 is 2.95 bits per heavy atom. The number of rotatable bonds is 8. The Balaban J connectivity index is 1.99. The van der Waals surface area contributed by atoms with Crippen LogP contribution in [0.15, 0.2) is 22.6 Å². The molecule has 4 nitrogen and oxygen atoms in total. The number of hydrogen-bond donors (Lipinski definition) is 1. The molecule has 2 aromatic rings. The van der Waals surface area contributed by atoms with Crippen molar-refractivity contribution in [2.24, 2.45) is 5.73 Å². The van der Waals surface area contributed by atoms with Gasteiger partial charge in [0.25, 0.3) is 0 Å². The van der Waals surface area contributed by atoms with Crippen LogP contribution in [0.25, 0.3) is 11.1 Å². The van der Waals surface area contributed by atoms with Crippen LogP contribution in [0.1, 0.15) is 38.5 Å². The molecule has 0 atom stereocenters. The second kappa shape index (κ2) is 7.14. The molecule has 1 aromatic carbocycles. The van der Waals surface area contributed by atoms with Crippen LogP contribution in [0.4, 0.5) is 0 Å². The van der Waals surface area contributed by atoms with Gasteiger partial charge >= 0.3 is 0 Å². The van der Waals surface area contributed by atoms with Crippen molar-refractivity contribution in [2.75, 3.05) is 13.2 Å². The van der Waals surface area contributed by atoms with Crippen molar-refractivity contribution in [3.63, 3.8) is 0 Å². The molecule has 0 spiro atoms. The van der Waals surface area contributed by atoms with Gasteiger partial charge in [0.2, 0.25) is 0 Å². The van der Waals surface area contributed by atoms with E-state index in [0.29, 0.717) is 13.2 Å². The minimum Gasteiger partial charge on any atom is -0.493 e. The zero-order chi connectivity index (χ0) is 13.5. The van der Waals surface area contributed by atoms with Gasteiger partial charge in [0.1, 0.15) is 11.3 Å². The summed E-state index contributed by atoms with van der Waals surface area (Å²) in [6.45, 7) is 3.57. The van der Waals surface area contributed by atoms with E-state index < -0.39 is 0 Å². The first-order chi connectivity index (χ1) is 9.33. The van der Waals surface area contributed by atoms with Crippen LogP contribution in [0, 0.1) is 0 Å². The molecule has 0 aliphatic heterocycles. The lowest BCUT2D eigenvalue weighted by atomic mass is 10.2. The number of aromatic nitrogens is 1. The number of aryl methyl sites for hydroxylation is 1. The van der Waals surface area contributed by atoms with E-state index in [1.165, 1.54) is 0 Å². The van der Waals surface area contributed by atoms with Crippen LogP contribution >= 0.6 is 0 Å². The lowest BCUT2D eigenvalue weighted by Gasteiger charge is -2.04. The molecular formula is C15H22N2O2. The average molecular weight is 262 g/mol. The summed E-state index contributed by atoms with van der Waals surface area (Å²) < 4.78 is 11.4. The van der Waals surface area contributed by atoms with E-state index >= 15 is 0 Å². The Hall–Kier alpha value is -1.55. The normalized spacial score (nSPS) is 11.1. The molecule has 1 aromatic heterocycles. The molecule has 2 rings (SSSR count). The molecule has 0 amide bonds. The zero-order valence-corrected chi connectivity index (χ0v) is 11.5. The first-order valence-electron chi connectivity index (χ1n) is 7.06. The molecule has 104 valence electrons. The minimum absolute atomic E-state index is 0.694. The van der Waals surface area contributed by atoms with E-state index in [1.54, 1.807) is 0 Å². The monoisotopic (exact) mass is 262 g/mol. The van der Waals surface area contributed by atoms with Gasteiger partial charge in [0.05, 0.1) is 6.61 Å². The lowest BCUT2D eigenvalue weighted by molar-refractivity contribution is 0.308. The average Bonchev–Trinajstić information content (AvgIpc) is 2.83. The third kappa shape index (κ3) is 3.96. The topological polar surface area (TPSA) is 61.3 Å². The minimum atomic E-state index is 0.694. The quantitative estimate of drug-likeness (QED) is 0.741. The molecule has 0 fully saturated rings. The van der Waals surface area contributed by atoms with Crippen molar-refractivity contribution < 1.29 is 9.15 Å². The largest absolute Gasteiger partial charge is 0.493 e. The Bertz CT molecular complexity index is 508. The first kappa shape index (κ1) is 13.9. The second-order valence-corrected chi connectivity index (χ2v) is 4.68. The molecule has 0 radical (unpaired) electrons. The van der Waals surface area contributed by atoms with Gasteiger partial charge in [0, 0.05) is 12.5 Å². The molecule has 0 aliphatic rings. The van der Waals surface area contributed by atoms with Gasteiger partial charge in [-0.05, 0) is 37.9 Å². The van der Waals surface area contributed by atoms with Gasteiger partial charge in [0.15, 0.2) is 11.5 Å². The maximum absolute atomic E-state index is 5.73. The molecule has 19 heavy (non-hydrogen) atoms. The number of nitrogens with zero attached hydrogens (tertiary/aromatic N) is 1. The van der Waals surface area contributed by atoms with Crippen LogP contribution in [-0.4, -0.2) is 18.1 Å². The van der Waals surface area contributed by atoms with Crippen molar-refractivity contribution in [3.8, 4) is 5.75 Å². The molecule has 0 saturated carbocycles. The number of oxazole rings is 1. The predicted octanol–water partition coefficient (Wildman–Crippen LogP) is 3.29. The molecule has 0 unspecified atom stereocenters. The van der Waals surface area contributed by atoms with Crippen molar-refractivity contribution in [3.05, 3.63) is 24.1 Å². The highest BCUT2D eigenvalue weighted by Crippen LogP contribution is 2.22. The van der Waals surface area contributed by atoms with Gasteiger partial charge < -0.3 is 14.9 Å². The van der Waals surface area contributed by atoms with Crippen molar-refractivity contribution in [2.45, 2.75) is 39.0 Å². The molecule has 2 N–H and O–H groups in total. The standard InChI is InChI=1S/C15H22N2O2/c1-2-3-6-15-17-13-8-7-12(11-14(13)19-15)18-10-5-4-9-16/h7-8,11H,2-6,9-10,16H2,1H3. The summed E-state index contributed by atoms with van der Waals surface area (Å²) in [6.07, 6.45) is 5.12. The van der Waals surface area contributed by atoms with Crippen molar-refractivity contribution in [1.82, 2.24) is 4.98 Å². The molecule has 0 aliphatic carbocycles. The van der Waals surface area contributed by atoms with Gasteiger partial charge in [-0.15, -0.1) is 0 Å². The number of hydrogen-bond acceptors (Lipinski definition) is 4. The van der Waals surface area contributed by atoms with Crippen LogP contribution in [0.3, 0.4) is 0 Å². The van der Waals surface area contributed by atoms with Gasteiger partial charge in [-0.25, -0.2) is 4.98 Å². The number of fused-ring (bicyclic) bond motifs is 1. The SMILES string of the molecule is CCCCc1nc2ccc(OCCCCN)cc2o1. The number of unbranched alkanes of at least 4 members (excludes halogenated alkanes) is 2. The summed E-state index contributed by atoms with van der Waals surface area (Å²) in [6, 6.07) is 5.81. The molecule has 4 heteroatoms. The Labute approximate surface area is 114 Å². The van der Waals surface area contributed by atoms with Crippen molar-refractivity contribution in [1.29, 1.82) is 0 Å². The fraction of sp³-hybridized carbons (Fsp3) is 0.533. The third-order valence-corrected chi connectivity index (χ3v) is 3.02. The van der Waals surface area contributed by atoms with Crippen LogP contribution in [-0.2, 0) is 6.42 Å². The highest BCUT2D eigenvalue weighted by Gasteiger charge is 2.06. The van der Waals surface area contributed by atoms with E-state index in [9.17, 15) is 0 Å². The Kier molecular flexibility index (Phi) is 5.21. The predicted molar refractivity (Wildman–Crippen MR) is 76.4 cm³/mol. The van der Waals surface area contributed by atoms with E-state index in [0.717, 1.165) is 54.8 Å². The summed E-state index contributed by atoms with van der Waals surface area (Å²) in [5, 5.41) is 0. The highest BCUT2D eigenvalue weighted by molar-refractivity contribution is 5.74. The number of nitrogens with two attached hydrogens (primary N) is 1. The van der Waals surface area contributed by atoms with Gasteiger partial charge in [-0.2, -0.15) is 0 Å². The second-order valence-electron chi connectivity index (χ2n) is 4.68. The third-order valence-electron chi connectivity index (χ3n) is 3.02. The molecular weight excluding hydrogens is 240 g/mol. The number of benzene rings is 1.